The minimum atomic E-state index is -3.00. The van der Waals surface area contributed by atoms with Gasteiger partial charge in [-0.1, -0.05) is 13.8 Å². The van der Waals surface area contributed by atoms with Crippen LogP contribution in [0, 0.1) is 0 Å². The predicted molar refractivity (Wildman–Crippen MR) is 65.1 cm³/mol. The Morgan fingerprint density at radius 1 is 1.38 bits per heavy atom. The van der Waals surface area contributed by atoms with Gasteiger partial charge in [-0.05, 0) is 0 Å². The minimum absolute atomic E-state index is 0.0207. The van der Waals surface area contributed by atoms with Crippen molar-refractivity contribution in [3.05, 3.63) is 0 Å². The molecule has 0 saturated heterocycles. The van der Waals surface area contributed by atoms with E-state index in [0.29, 0.717) is 19.0 Å². The van der Waals surface area contributed by atoms with Crippen LogP contribution in [0.3, 0.4) is 0 Å². The van der Waals surface area contributed by atoms with Gasteiger partial charge in [0.1, 0.15) is 9.84 Å². The Morgan fingerprint density at radius 2 is 1.94 bits per heavy atom. The third-order valence-corrected chi connectivity index (χ3v) is 3.04. The van der Waals surface area contributed by atoms with Gasteiger partial charge >= 0.3 is 0 Å². The quantitative estimate of drug-likeness (QED) is 0.684. The Balaban J connectivity index is 3.82. The lowest BCUT2D eigenvalue weighted by molar-refractivity contribution is -0.129. The largest absolute Gasteiger partial charge is 0.345 e. The van der Waals surface area contributed by atoms with E-state index in [1.165, 1.54) is 11.2 Å². The molecule has 16 heavy (non-hydrogen) atoms. The van der Waals surface area contributed by atoms with E-state index in [4.69, 9.17) is 0 Å². The van der Waals surface area contributed by atoms with Gasteiger partial charge in [-0.25, -0.2) is 8.42 Å². The molecule has 0 aliphatic heterocycles. The molecule has 0 saturated carbocycles. The molecular weight excluding hydrogens is 228 g/mol. The van der Waals surface area contributed by atoms with Gasteiger partial charge < -0.3 is 10.2 Å². The molecule has 0 aromatic heterocycles. The van der Waals surface area contributed by atoms with Gasteiger partial charge in [0.2, 0.25) is 5.91 Å². The van der Waals surface area contributed by atoms with Crippen molar-refractivity contribution < 1.29 is 13.2 Å². The Morgan fingerprint density at radius 3 is 2.38 bits per heavy atom. The second kappa shape index (κ2) is 6.85. The van der Waals surface area contributed by atoms with E-state index in [2.05, 4.69) is 5.32 Å². The van der Waals surface area contributed by atoms with Crippen LogP contribution in [-0.4, -0.2) is 57.4 Å². The number of hydrogen-bond donors (Lipinski definition) is 1. The molecule has 96 valence electrons. The van der Waals surface area contributed by atoms with E-state index in [1.54, 1.807) is 7.05 Å². The summed E-state index contributed by atoms with van der Waals surface area (Å²) in [5.41, 5.74) is 0. The first-order chi connectivity index (χ1) is 7.22. The van der Waals surface area contributed by atoms with E-state index < -0.39 is 9.84 Å². The number of rotatable bonds is 7. The van der Waals surface area contributed by atoms with E-state index in [9.17, 15) is 13.2 Å². The van der Waals surface area contributed by atoms with Crippen molar-refractivity contribution in [3.8, 4) is 0 Å². The molecule has 0 bridgehead atoms. The predicted octanol–water partition coefficient (Wildman–Crippen LogP) is -0.122. The smallest absolute Gasteiger partial charge is 0.223 e. The molecule has 6 heteroatoms. The zero-order valence-electron chi connectivity index (χ0n) is 10.5. The summed E-state index contributed by atoms with van der Waals surface area (Å²) >= 11 is 0. The van der Waals surface area contributed by atoms with Crippen LogP contribution in [0.1, 0.15) is 20.3 Å². The number of hydrogen-bond acceptors (Lipinski definition) is 4. The highest BCUT2D eigenvalue weighted by Crippen LogP contribution is 1.93. The molecular formula is C10H22N2O3S. The summed E-state index contributed by atoms with van der Waals surface area (Å²) in [4.78, 5) is 13.0. The molecule has 0 aliphatic carbocycles. The molecule has 1 amide bonds. The molecule has 0 aromatic rings. The van der Waals surface area contributed by atoms with Crippen molar-refractivity contribution in [2.75, 3.05) is 32.1 Å². The summed E-state index contributed by atoms with van der Waals surface area (Å²) in [5, 5.41) is 3.14. The first kappa shape index (κ1) is 15.4. The summed E-state index contributed by atoms with van der Waals surface area (Å²) in [6.07, 6.45) is 1.57. The van der Waals surface area contributed by atoms with Gasteiger partial charge in [0, 0.05) is 38.9 Å². The third kappa shape index (κ3) is 8.67. The highest BCUT2D eigenvalue weighted by molar-refractivity contribution is 7.90. The fourth-order valence-electron chi connectivity index (χ4n) is 1.09. The van der Waals surface area contributed by atoms with Crippen LogP contribution in [0.2, 0.25) is 0 Å². The van der Waals surface area contributed by atoms with Crippen molar-refractivity contribution in [1.82, 2.24) is 10.2 Å². The molecule has 0 rings (SSSR count). The van der Waals surface area contributed by atoms with Crippen LogP contribution in [0.5, 0.6) is 0 Å². The van der Waals surface area contributed by atoms with Crippen LogP contribution in [0.25, 0.3) is 0 Å². The Bertz CT molecular complexity index is 312. The average Bonchev–Trinajstić information content (AvgIpc) is 2.12. The van der Waals surface area contributed by atoms with Gasteiger partial charge in [0.25, 0.3) is 0 Å². The van der Waals surface area contributed by atoms with Gasteiger partial charge in [-0.15, -0.1) is 0 Å². The molecule has 0 aromatic carbocycles. The number of carbonyl (C=O) groups is 1. The van der Waals surface area contributed by atoms with Crippen LogP contribution in [0.4, 0.5) is 0 Å². The van der Waals surface area contributed by atoms with E-state index in [0.717, 1.165) is 0 Å². The second-order valence-electron chi connectivity index (χ2n) is 4.30. The molecule has 0 radical (unpaired) electrons. The SMILES string of the molecule is CC(C)NCCC(=O)N(C)CCS(C)(=O)=O. The highest BCUT2D eigenvalue weighted by Gasteiger charge is 2.11. The van der Waals surface area contributed by atoms with Crippen LogP contribution < -0.4 is 5.32 Å². The normalized spacial score (nSPS) is 11.8. The van der Waals surface area contributed by atoms with Gasteiger partial charge in [0.05, 0.1) is 5.75 Å². The van der Waals surface area contributed by atoms with Crippen molar-refractivity contribution in [2.24, 2.45) is 0 Å². The second-order valence-corrected chi connectivity index (χ2v) is 6.56. The monoisotopic (exact) mass is 250 g/mol. The Hall–Kier alpha value is -0.620. The number of nitrogens with one attached hydrogen (secondary N) is 1. The first-order valence-electron chi connectivity index (χ1n) is 5.37. The van der Waals surface area contributed by atoms with Crippen LogP contribution in [0.15, 0.2) is 0 Å². The molecule has 0 fully saturated rings. The van der Waals surface area contributed by atoms with Crippen LogP contribution in [-0.2, 0) is 14.6 Å². The summed E-state index contributed by atoms with van der Waals surface area (Å²) in [7, 11) is -1.37. The topological polar surface area (TPSA) is 66.5 Å². The van der Waals surface area contributed by atoms with Gasteiger partial charge in [0.15, 0.2) is 0 Å². The third-order valence-electron chi connectivity index (χ3n) is 2.11. The standard InChI is InChI=1S/C10H22N2O3S/c1-9(2)11-6-5-10(13)12(3)7-8-16(4,14)15/h9,11H,5-8H2,1-4H3. The van der Waals surface area contributed by atoms with Crippen molar-refractivity contribution in [3.63, 3.8) is 0 Å². The lowest BCUT2D eigenvalue weighted by Gasteiger charge is -2.17. The van der Waals surface area contributed by atoms with Crippen molar-refractivity contribution >= 4 is 15.7 Å². The maximum absolute atomic E-state index is 11.5. The summed E-state index contributed by atoms with van der Waals surface area (Å²) in [5.74, 6) is -0.0101. The Kier molecular flexibility index (Phi) is 6.59. The molecule has 0 spiro atoms. The number of amides is 1. The lowest BCUT2D eigenvalue weighted by atomic mass is 10.3. The van der Waals surface area contributed by atoms with Crippen molar-refractivity contribution in [2.45, 2.75) is 26.3 Å². The van der Waals surface area contributed by atoms with E-state index in [-0.39, 0.29) is 18.2 Å². The molecule has 0 unspecified atom stereocenters. The van der Waals surface area contributed by atoms with Gasteiger partial charge in [-0.3, -0.25) is 4.79 Å². The average molecular weight is 250 g/mol. The fraction of sp³-hybridized carbons (Fsp3) is 0.900. The fourth-order valence-corrected chi connectivity index (χ4v) is 1.69. The van der Waals surface area contributed by atoms with E-state index >= 15 is 0 Å². The van der Waals surface area contributed by atoms with E-state index in [1.807, 2.05) is 13.8 Å². The number of carbonyl (C=O) groups excluding carboxylic acids is 1. The number of sulfone groups is 1. The van der Waals surface area contributed by atoms with Gasteiger partial charge in [-0.2, -0.15) is 0 Å². The molecule has 0 aliphatic rings. The zero-order chi connectivity index (χ0) is 12.8. The maximum Gasteiger partial charge on any atom is 0.223 e. The van der Waals surface area contributed by atoms with Crippen molar-refractivity contribution in [1.29, 1.82) is 0 Å². The Labute approximate surface area is 98.1 Å². The molecule has 1 N–H and O–H groups in total. The minimum Gasteiger partial charge on any atom is -0.345 e. The summed E-state index contributed by atoms with van der Waals surface area (Å²) < 4.78 is 21.8. The number of nitrogens with zero attached hydrogens (tertiary/aromatic N) is 1. The molecule has 0 heterocycles. The molecule has 0 atom stereocenters. The maximum atomic E-state index is 11.5. The first-order valence-corrected chi connectivity index (χ1v) is 7.43. The summed E-state index contributed by atoms with van der Waals surface area (Å²) in [6.45, 7) is 4.91. The summed E-state index contributed by atoms with van der Waals surface area (Å²) in [6, 6.07) is 0.356. The van der Waals surface area contributed by atoms with Crippen LogP contribution >= 0.6 is 0 Å². The lowest BCUT2D eigenvalue weighted by Crippen LogP contribution is -2.34. The highest BCUT2D eigenvalue weighted by atomic mass is 32.2. The molecule has 5 nitrogen and oxygen atoms in total. The zero-order valence-corrected chi connectivity index (χ0v) is 11.3.